The number of aromatic nitrogens is 4. The lowest BCUT2D eigenvalue weighted by Gasteiger charge is -2.13. The Labute approximate surface area is 325 Å². The van der Waals surface area contributed by atoms with Crippen molar-refractivity contribution in [2.75, 3.05) is 0 Å². The van der Waals surface area contributed by atoms with E-state index in [1.807, 2.05) is 138 Å². The Bertz CT molecular complexity index is 3060. The van der Waals surface area contributed by atoms with Crippen LogP contribution in [0.15, 0.2) is 206 Å². The molecule has 0 unspecified atom stereocenters. The molecule has 0 fully saturated rings. The van der Waals surface area contributed by atoms with Crippen molar-refractivity contribution in [2.24, 2.45) is 0 Å². The molecule has 0 aliphatic rings. The van der Waals surface area contributed by atoms with E-state index in [9.17, 15) is 0 Å². The smallest absolute Gasteiger partial charge is 0.164 e. The van der Waals surface area contributed by atoms with Crippen molar-refractivity contribution >= 4 is 21.8 Å². The summed E-state index contributed by atoms with van der Waals surface area (Å²) in [5.74, 6) is 1.65. The van der Waals surface area contributed by atoms with Gasteiger partial charge in [-0.1, -0.05) is 152 Å². The van der Waals surface area contributed by atoms with Gasteiger partial charge in [-0.2, -0.15) is 0 Å². The van der Waals surface area contributed by atoms with Crippen LogP contribution in [0.5, 0.6) is 0 Å². The monoisotopic (exact) mass is 706 g/mol. The molecular weight excluding hydrogens is 669 g/mol. The predicted octanol–water partition coefficient (Wildman–Crippen LogP) is 13.0. The van der Waals surface area contributed by atoms with E-state index in [1.165, 1.54) is 0 Å². The number of benzene rings is 8. The fourth-order valence-electron chi connectivity index (χ4n) is 7.25. The lowest BCUT2D eigenvalue weighted by Crippen LogP contribution is -2.00. The average molecular weight is 707 g/mol. The van der Waals surface area contributed by atoms with Crippen LogP contribution in [0.4, 0.5) is 0 Å². The first-order valence-corrected chi connectivity index (χ1v) is 18.2. The van der Waals surface area contributed by atoms with E-state index in [0.717, 1.165) is 66.7 Å². The van der Waals surface area contributed by atoms with Crippen molar-refractivity contribution in [1.82, 2.24) is 19.5 Å². The predicted molar refractivity (Wildman–Crippen MR) is 227 cm³/mol. The highest BCUT2D eigenvalue weighted by Gasteiger charge is 2.16. The number of para-hydroxylation sites is 1. The molecule has 0 spiro atoms. The summed E-state index contributed by atoms with van der Waals surface area (Å²) in [6, 6.07) is 60.2. The number of hydrogen-bond donors (Lipinski definition) is 0. The van der Waals surface area contributed by atoms with Crippen molar-refractivity contribution in [1.29, 1.82) is 0 Å². The maximum absolute atomic E-state index is 9.16. The molecule has 258 valence electrons. The fourth-order valence-corrected chi connectivity index (χ4v) is 7.25. The normalized spacial score (nSPS) is 12.3. The molecule has 0 aliphatic heterocycles. The van der Waals surface area contributed by atoms with Crippen LogP contribution in [-0.2, 0) is 0 Å². The molecular formula is C51H34N4. The van der Waals surface area contributed by atoms with Crippen molar-refractivity contribution < 1.29 is 5.48 Å². The average Bonchev–Trinajstić information content (AvgIpc) is 3.66. The summed E-state index contributed by atoms with van der Waals surface area (Å²) < 4.78 is 37.5. The molecule has 0 saturated carbocycles. The first-order valence-electron chi connectivity index (χ1n) is 20.2. The maximum atomic E-state index is 9.16. The van der Waals surface area contributed by atoms with Gasteiger partial charge in [-0.05, 0) is 88.0 Å². The number of rotatable bonds is 7. The molecule has 0 radical (unpaired) electrons. The highest BCUT2D eigenvalue weighted by molar-refractivity contribution is 6.10. The van der Waals surface area contributed by atoms with Crippen LogP contribution >= 0.6 is 0 Å². The van der Waals surface area contributed by atoms with Crippen LogP contribution < -0.4 is 0 Å². The minimum atomic E-state index is -0.279. The zero-order valence-corrected chi connectivity index (χ0v) is 29.6. The summed E-state index contributed by atoms with van der Waals surface area (Å²) in [6.07, 6.45) is 0. The van der Waals surface area contributed by atoms with E-state index < -0.39 is 0 Å². The van der Waals surface area contributed by atoms with Gasteiger partial charge in [-0.15, -0.1) is 0 Å². The quantitative estimate of drug-likeness (QED) is 0.166. The van der Waals surface area contributed by atoms with Gasteiger partial charge in [0.25, 0.3) is 0 Å². The molecule has 10 aromatic rings. The van der Waals surface area contributed by atoms with Gasteiger partial charge < -0.3 is 4.57 Å². The zero-order chi connectivity index (χ0) is 40.0. The third-order valence-corrected chi connectivity index (χ3v) is 9.96. The number of nitrogens with zero attached hydrogens (tertiary/aromatic N) is 4. The Morgan fingerprint density at radius 2 is 0.745 bits per heavy atom. The Morgan fingerprint density at radius 1 is 0.327 bits per heavy atom. The Balaban J connectivity index is 1.16. The number of hydrogen-bond acceptors (Lipinski definition) is 3. The van der Waals surface area contributed by atoms with E-state index in [0.29, 0.717) is 28.4 Å². The van der Waals surface area contributed by atoms with Gasteiger partial charge in [0.1, 0.15) is 0 Å². The zero-order valence-electron chi connectivity index (χ0n) is 33.6. The molecule has 55 heavy (non-hydrogen) atoms. The third-order valence-electron chi connectivity index (χ3n) is 9.96. The van der Waals surface area contributed by atoms with Crippen molar-refractivity contribution in [2.45, 2.75) is 0 Å². The van der Waals surface area contributed by atoms with Gasteiger partial charge in [0.15, 0.2) is 17.5 Å². The van der Waals surface area contributed by atoms with E-state index in [1.54, 1.807) is 0 Å². The summed E-state index contributed by atoms with van der Waals surface area (Å²) >= 11 is 0. The fraction of sp³-hybridized carbons (Fsp3) is 0. The van der Waals surface area contributed by atoms with Crippen LogP contribution in [-0.4, -0.2) is 19.5 Å². The van der Waals surface area contributed by atoms with Crippen LogP contribution in [0.3, 0.4) is 0 Å². The van der Waals surface area contributed by atoms with Crippen LogP contribution in [0.1, 0.15) is 5.48 Å². The Kier molecular flexibility index (Phi) is 7.08. The van der Waals surface area contributed by atoms with Gasteiger partial charge in [0.05, 0.1) is 16.5 Å². The standard InChI is InChI=1S/C51H34N4/c1-5-15-35(16-6-1)41-31-42(36-17-7-2-8-18-36)33-43(32-41)40-27-30-46-45-23-13-14-24-47(45)55(48(46)34-40)44-28-25-39(26-29-44)51-53-49(37-19-9-3-10-20-37)52-50(54-51)38-21-11-4-12-22-38/h1-34H/i13D,14D,23D,24D. The van der Waals surface area contributed by atoms with Gasteiger partial charge >= 0.3 is 0 Å². The highest BCUT2D eigenvalue weighted by Crippen LogP contribution is 2.38. The Hall–Kier alpha value is -7.43. The van der Waals surface area contributed by atoms with Crippen LogP contribution in [0.25, 0.3) is 95.0 Å². The molecule has 0 N–H and O–H groups in total. The van der Waals surface area contributed by atoms with Crippen molar-refractivity contribution in [3.05, 3.63) is 206 Å². The second kappa shape index (κ2) is 13.8. The molecule has 8 aromatic carbocycles. The van der Waals surface area contributed by atoms with Gasteiger partial charge in [0.2, 0.25) is 0 Å². The summed E-state index contributed by atoms with van der Waals surface area (Å²) in [5, 5.41) is 1.21. The maximum Gasteiger partial charge on any atom is 0.164 e. The van der Waals surface area contributed by atoms with E-state index >= 15 is 0 Å². The second-order valence-electron chi connectivity index (χ2n) is 13.4. The van der Waals surface area contributed by atoms with Crippen LogP contribution in [0.2, 0.25) is 0 Å². The second-order valence-corrected chi connectivity index (χ2v) is 13.4. The molecule has 2 heterocycles. The highest BCUT2D eigenvalue weighted by atomic mass is 15.0. The minimum absolute atomic E-state index is 0.0707. The Morgan fingerprint density at radius 3 is 1.25 bits per heavy atom. The van der Waals surface area contributed by atoms with Gasteiger partial charge in [-0.25, -0.2) is 15.0 Å². The molecule has 10 rings (SSSR count). The van der Waals surface area contributed by atoms with E-state index in [-0.39, 0.29) is 24.2 Å². The molecule has 0 bridgehead atoms. The van der Waals surface area contributed by atoms with Gasteiger partial charge in [-0.3, -0.25) is 0 Å². The largest absolute Gasteiger partial charge is 0.309 e. The molecule has 0 amide bonds. The van der Waals surface area contributed by atoms with Crippen molar-refractivity contribution in [3.63, 3.8) is 0 Å². The van der Waals surface area contributed by atoms with Crippen molar-refractivity contribution in [3.8, 4) is 73.2 Å². The van der Waals surface area contributed by atoms with Crippen LogP contribution in [0, 0.1) is 0 Å². The SMILES string of the molecule is [2H]c1c([2H])c([2H])c2c(c1[2H])c1ccc(-c3cc(-c4ccccc4)cc(-c4ccccc4)c3)cc1n2-c1ccc(-c2nc(-c3ccccc3)nc(-c3ccccc3)n2)cc1. The first kappa shape index (κ1) is 28.1. The lowest BCUT2D eigenvalue weighted by molar-refractivity contribution is 1.07. The molecule has 0 atom stereocenters. The lowest BCUT2D eigenvalue weighted by atomic mass is 9.93. The molecule has 0 saturated heterocycles. The molecule has 4 nitrogen and oxygen atoms in total. The first-order chi connectivity index (χ1) is 28.9. The summed E-state index contributed by atoms with van der Waals surface area (Å²) in [5.41, 5.74) is 10.8. The van der Waals surface area contributed by atoms with E-state index in [4.69, 9.17) is 20.4 Å². The van der Waals surface area contributed by atoms with E-state index in [2.05, 4.69) is 48.5 Å². The van der Waals surface area contributed by atoms with Gasteiger partial charge in [0, 0.05) is 33.2 Å². The third kappa shape index (κ3) is 6.16. The summed E-state index contributed by atoms with van der Waals surface area (Å²) in [6.45, 7) is 0. The molecule has 2 aromatic heterocycles. The summed E-state index contributed by atoms with van der Waals surface area (Å²) in [4.78, 5) is 14.7. The molecule has 4 heteroatoms. The topological polar surface area (TPSA) is 43.6 Å². The summed E-state index contributed by atoms with van der Waals surface area (Å²) in [7, 11) is 0. The molecule has 0 aliphatic carbocycles. The minimum Gasteiger partial charge on any atom is -0.309 e. The number of fused-ring (bicyclic) bond motifs is 3.